The number of ether oxygens (including phenoxy) is 1. The number of benzene rings is 1. The molecule has 1 heterocycles. The maximum absolute atomic E-state index is 5.53. The first kappa shape index (κ1) is 15.3. The van der Waals surface area contributed by atoms with Crippen LogP contribution in [0, 0.1) is 6.92 Å². The van der Waals surface area contributed by atoms with E-state index >= 15 is 0 Å². The summed E-state index contributed by atoms with van der Waals surface area (Å²) >= 11 is 0. The predicted octanol–water partition coefficient (Wildman–Crippen LogP) is 3.14. The fourth-order valence-corrected chi connectivity index (χ4v) is 3.10. The Hall–Kier alpha value is -1.06. The van der Waals surface area contributed by atoms with E-state index in [1.54, 1.807) is 7.11 Å². The summed E-state index contributed by atoms with van der Waals surface area (Å²) in [5.41, 5.74) is 2.50. The lowest BCUT2D eigenvalue weighted by molar-refractivity contribution is 0.191. The van der Waals surface area contributed by atoms with Gasteiger partial charge in [0.05, 0.1) is 7.11 Å². The molecule has 1 aliphatic rings. The van der Waals surface area contributed by atoms with Crippen LogP contribution in [0.1, 0.15) is 43.9 Å². The van der Waals surface area contributed by atoms with Crippen molar-refractivity contribution in [3.8, 4) is 5.75 Å². The van der Waals surface area contributed by atoms with E-state index in [0.717, 1.165) is 18.8 Å². The van der Waals surface area contributed by atoms with Crippen molar-refractivity contribution in [3.63, 3.8) is 0 Å². The van der Waals surface area contributed by atoms with E-state index in [1.165, 1.54) is 30.5 Å². The molecule has 0 bridgehead atoms. The normalized spacial score (nSPS) is 21.7. The summed E-state index contributed by atoms with van der Waals surface area (Å²) in [6.07, 6.45) is 2.57. The van der Waals surface area contributed by atoms with E-state index in [2.05, 4.69) is 49.2 Å². The van der Waals surface area contributed by atoms with Crippen LogP contribution in [-0.2, 0) is 0 Å². The molecule has 1 saturated heterocycles. The van der Waals surface area contributed by atoms with Crippen LogP contribution in [0.3, 0.4) is 0 Å². The lowest BCUT2D eigenvalue weighted by atomic mass is 10.0. The zero-order valence-electron chi connectivity index (χ0n) is 13.3. The Morgan fingerprint density at radius 1 is 1.45 bits per heavy atom. The molecule has 20 heavy (non-hydrogen) atoms. The molecule has 0 spiro atoms. The second-order valence-corrected chi connectivity index (χ2v) is 5.87. The molecule has 0 radical (unpaired) electrons. The standard InChI is InChI=1S/C17H28N2O/c1-5-19-10-6-7-15(12-19)18-14(3)16-9-8-13(2)11-17(16)20-4/h8-9,11,14-15,18H,5-7,10,12H2,1-4H3. The van der Waals surface area contributed by atoms with E-state index in [-0.39, 0.29) is 0 Å². The average molecular weight is 276 g/mol. The second-order valence-electron chi connectivity index (χ2n) is 5.87. The van der Waals surface area contributed by atoms with Crippen LogP contribution in [0.15, 0.2) is 18.2 Å². The van der Waals surface area contributed by atoms with Crippen LogP contribution < -0.4 is 10.1 Å². The van der Waals surface area contributed by atoms with Crippen molar-refractivity contribution in [2.75, 3.05) is 26.7 Å². The molecule has 1 N–H and O–H groups in total. The number of likely N-dealkylation sites (N-methyl/N-ethyl adjacent to an activating group) is 1. The lowest BCUT2D eigenvalue weighted by Crippen LogP contribution is -2.46. The monoisotopic (exact) mass is 276 g/mol. The van der Waals surface area contributed by atoms with E-state index in [9.17, 15) is 0 Å². The number of hydrogen-bond acceptors (Lipinski definition) is 3. The van der Waals surface area contributed by atoms with Gasteiger partial charge in [-0.15, -0.1) is 0 Å². The Labute approximate surface area is 123 Å². The minimum absolute atomic E-state index is 0.326. The number of nitrogens with zero attached hydrogens (tertiary/aromatic N) is 1. The Balaban J connectivity index is 2.02. The fourth-order valence-electron chi connectivity index (χ4n) is 3.10. The number of rotatable bonds is 5. The number of hydrogen-bond donors (Lipinski definition) is 1. The summed E-state index contributed by atoms with van der Waals surface area (Å²) in [5, 5.41) is 3.77. The zero-order chi connectivity index (χ0) is 14.5. The molecule has 2 atom stereocenters. The van der Waals surface area contributed by atoms with Gasteiger partial charge in [-0.05, 0) is 51.4 Å². The fraction of sp³-hybridized carbons (Fsp3) is 0.647. The number of methoxy groups -OCH3 is 1. The van der Waals surface area contributed by atoms with Crippen molar-refractivity contribution >= 4 is 0 Å². The molecule has 0 aliphatic carbocycles. The van der Waals surface area contributed by atoms with Gasteiger partial charge >= 0.3 is 0 Å². The van der Waals surface area contributed by atoms with Crippen LogP contribution in [0.4, 0.5) is 0 Å². The summed E-state index contributed by atoms with van der Waals surface area (Å²) in [4.78, 5) is 2.53. The first-order valence-electron chi connectivity index (χ1n) is 7.77. The Morgan fingerprint density at radius 2 is 2.25 bits per heavy atom. The highest BCUT2D eigenvalue weighted by atomic mass is 16.5. The van der Waals surface area contributed by atoms with Crippen molar-refractivity contribution in [1.29, 1.82) is 0 Å². The van der Waals surface area contributed by atoms with Gasteiger partial charge < -0.3 is 15.0 Å². The summed E-state index contributed by atoms with van der Waals surface area (Å²) < 4.78 is 5.53. The molecule has 1 aliphatic heterocycles. The molecule has 3 heteroatoms. The van der Waals surface area contributed by atoms with Crippen molar-refractivity contribution in [3.05, 3.63) is 29.3 Å². The maximum Gasteiger partial charge on any atom is 0.123 e. The first-order valence-corrected chi connectivity index (χ1v) is 7.77. The average Bonchev–Trinajstić information content (AvgIpc) is 2.47. The molecule has 1 aromatic rings. The van der Waals surface area contributed by atoms with Gasteiger partial charge in [0, 0.05) is 24.2 Å². The molecule has 1 fully saturated rings. The third-order valence-corrected chi connectivity index (χ3v) is 4.29. The van der Waals surface area contributed by atoms with Crippen LogP contribution in [0.2, 0.25) is 0 Å². The summed E-state index contributed by atoms with van der Waals surface area (Å²) in [7, 11) is 1.75. The summed E-state index contributed by atoms with van der Waals surface area (Å²) in [5.74, 6) is 0.994. The van der Waals surface area contributed by atoms with Gasteiger partial charge in [0.2, 0.25) is 0 Å². The lowest BCUT2D eigenvalue weighted by Gasteiger charge is -2.34. The molecular weight excluding hydrogens is 248 g/mol. The van der Waals surface area contributed by atoms with Gasteiger partial charge in [-0.3, -0.25) is 0 Å². The van der Waals surface area contributed by atoms with Crippen LogP contribution >= 0.6 is 0 Å². The largest absolute Gasteiger partial charge is 0.496 e. The molecule has 0 aromatic heterocycles. The highest BCUT2D eigenvalue weighted by Crippen LogP contribution is 2.27. The molecule has 3 nitrogen and oxygen atoms in total. The minimum atomic E-state index is 0.326. The SMILES string of the molecule is CCN1CCCC(NC(C)c2ccc(C)cc2OC)C1. The Bertz CT molecular complexity index is 433. The predicted molar refractivity (Wildman–Crippen MR) is 84.4 cm³/mol. The van der Waals surface area contributed by atoms with Gasteiger partial charge in [0.15, 0.2) is 0 Å². The summed E-state index contributed by atoms with van der Waals surface area (Å²) in [6, 6.07) is 7.38. The van der Waals surface area contributed by atoms with E-state index < -0.39 is 0 Å². The van der Waals surface area contributed by atoms with Gasteiger partial charge in [-0.1, -0.05) is 19.1 Å². The number of nitrogens with one attached hydrogen (secondary N) is 1. The van der Waals surface area contributed by atoms with Crippen LogP contribution in [0.5, 0.6) is 5.75 Å². The van der Waals surface area contributed by atoms with Crippen LogP contribution in [-0.4, -0.2) is 37.7 Å². The van der Waals surface area contributed by atoms with Gasteiger partial charge in [0.1, 0.15) is 5.75 Å². The molecule has 112 valence electrons. The minimum Gasteiger partial charge on any atom is -0.496 e. The number of piperidine rings is 1. The number of aryl methyl sites for hydroxylation is 1. The van der Waals surface area contributed by atoms with Crippen LogP contribution in [0.25, 0.3) is 0 Å². The topological polar surface area (TPSA) is 24.5 Å². The molecule has 1 aromatic carbocycles. The highest BCUT2D eigenvalue weighted by Gasteiger charge is 2.21. The van der Waals surface area contributed by atoms with Crippen molar-refractivity contribution in [2.45, 2.75) is 45.7 Å². The third-order valence-electron chi connectivity index (χ3n) is 4.29. The van der Waals surface area contributed by atoms with Crippen molar-refractivity contribution < 1.29 is 4.74 Å². The van der Waals surface area contributed by atoms with Gasteiger partial charge in [-0.2, -0.15) is 0 Å². The van der Waals surface area contributed by atoms with E-state index in [0.29, 0.717) is 12.1 Å². The Kier molecular flexibility index (Phi) is 5.44. The second kappa shape index (κ2) is 7.09. The van der Waals surface area contributed by atoms with Gasteiger partial charge in [0.25, 0.3) is 0 Å². The van der Waals surface area contributed by atoms with Crippen molar-refractivity contribution in [1.82, 2.24) is 10.2 Å². The Morgan fingerprint density at radius 3 is 2.95 bits per heavy atom. The van der Waals surface area contributed by atoms with E-state index in [4.69, 9.17) is 4.74 Å². The molecule has 2 rings (SSSR count). The molecule has 0 saturated carbocycles. The molecule has 0 amide bonds. The third kappa shape index (κ3) is 3.74. The molecular formula is C17H28N2O. The summed E-state index contributed by atoms with van der Waals surface area (Å²) in [6.45, 7) is 10.1. The van der Waals surface area contributed by atoms with Gasteiger partial charge in [-0.25, -0.2) is 0 Å². The zero-order valence-corrected chi connectivity index (χ0v) is 13.3. The maximum atomic E-state index is 5.53. The van der Waals surface area contributed by atoms with Crippen molar-refractivity contribution in [2.24, 2.45) is 0 Å². The quantitative estimate of drug-likeness (QED) is 0.894. The van der Waals surface area contributed by atoms with E-state index in [1.807, 2.05) is 0 Å². The smallest absolute Gasteiger partial charge is 0.123 e. The highest BCUT2D eigenvalue weighted by molar-refractivity contribution is 5.39. The first-order chi connectivity index (χ1) is 9.63. The number of likely N-dealkylation sites (tertiary alicyclic amines) is 1. The molecule has 2 unspecified atom stereocenters.